The summed E-state index contributed by atoms with van der Waals surface area (Å²) in [5.41, 5.74) is 1.99. The quantitative estimate of drug-likeness (QED) is 0.748. The van der Waals surface area contributed by atoms with E-state index in [1.54, 1.807) is 24.4 Å². The van der Waals surface area contributed by atoms with Gasteiger partial charge in [0.05, 0.1) is 7.11 Å². The van der Waals surface area contributed by atoms with Gasteiger partial charge < -0.3 is 15.0 Å². The molecule has 138 valence electrons. The Hall–Kier alpha value is -2.89. The number of carbonyl (C=O) groups excluding carboxylic acids is 2. The van der Waals surface area contributed by atoms with E-state index in [0.29, 0.717) is 26.1 Å². The third-order valence-electron chi connectivity index (χ3n) is 4.11. The molecule has 0 unspecified atom stereocenters. The average molecular weight is 355 g/mol. The highest BCUT2D eigenvalue weighted by Gasteiger charge is 2.12. The number of hydrogen-bond donors (Lipinski definition) is 1. The molecule has 0 bridgehead atoms. The van der Waals surface area contributed by atoms with Crippen molar-refractivity contribution < 1.29 is 14.3 Å². The van der Waals surface area contributed by atoms with Gasteiger partial charge in [0.2, 0.25) is 11.8 Å². The van der Waals surface area contributed by atoms with E-state index in [1.807, 2.05) is 36.4 Å². The molecular weight excluding hydrogens is 330 g/mol. The van der Waals surface area contributed by atoms with Crippen LogP contribution in [0.2, 0.25) is 0 Å². The number of nitrogens with zero attached hydrogens (tertiary/aromatic N) is 2. The number of carbonyl (C=O) groups is 2. The zero-order valence-electron chi connectivity index (χ0n) is 15.3. The second-order valence-corrected chi connectivity index (χ2v) is 5.96. The first-order chi connectivity index (χ1) is 12.6. The number of methoxy groups -OCH3 is 1. The first-order valence-electron chi connectivity index (χ1n) is 8.63. The summed E-state index contributed by atoms with van der Waals surface area (Å²) in [6.45, 7) is 2.90. The fourth-order valence-corrected chi connectivity index (χ4v) is 2.62. The van der Waals surface area contributed by atoms with Crippen LogP contribution in [0.4, 0.5) is 0 Å². The summed E-state index contributed by atoms with van der Waals surface area (Å²) in [4.78, 5) is 29.6. The van der Waals surface area contributed by atoms with Crippen LogP contribution >= 0.6 is 0 Å². The van der Waals surface area contributed by atoms with Crippen molar-refractivity contribution in [1.29, 1.82) is 0 Å². The molecule has 1 N–H and O–H groups in total. The molecule has 6 heteroatoms. The maximum Gasteiger partial charge on any atom is 0.222 e. The number of amides is 2. The van der Waals surface area contributed by atoms with Crippen LogP contribution in [0.15, 0.2) is 48.8 Å². The van der Waals surface area contributed by atoms with E-state index < -0.39 is 0 Å². The van der Waals surface area contributed by atoms with Crippen molar-refractivity contribution in [2.75, 3.05) is 20.2 Å². The molecule has 26 heavy (non-hydrogen) atoms. The standard InChI is InChI=1S/C20H25N3O3/c1-16(24)23(12-9-18-7-3-4-8-19(18)26-2)13-10-20(25)22-15-17-6-5-11-21-14-17/h3-8,11,14H,9-10,12-13,15H2,1-2H3,(H,22,25). The molecule has 6 nitrogen and oxygen atoms in total. The molecule has 0 aliphatic heterocycles. The van der Waals surface area contributed by atoms with Crippen LogP contribution in [0, 0.1) is 0 Å². The highest BCUT2D eigenvalue weighted by atomic mass is 16.5. The van der Waals surface area contributed by atoms with Crippen molar-refractivity contribution in [2.24, 2.45) is 0 Å². The van der Waals surface area contributed by atoms with Gasteiger partial charge >= 0.3 is 0 Å². The number of rotatable bonds is 9. The minimum Gasteiger partial charge on any atom is -0.496 e. The monoisotopic (exact) mass is 355 g/mol. The summed E-state index contributed by atoms with van der Waals surface area (Å²) < 4.78 is 5.34. The molecular formula is C20H25N3O3. The van der Waals surface area contributed by atoms with Gasteiger partial charge in [0.25, 0.3) is 0 Å². The molecule has 0 radical (unpaired) electrons. The molecule has 0 spiro atoms. The second-order valence-electron chi connectivity index (χ2n) is 5.96. The molecule has 0 aliphatic carbocycles. The van der Waals surface area contributed by atoms with Crippen molar-refractivity contribution in [1.82, 2.24) is 15.2 Å². The fraction of sp³-hybridized carbons (Fsp3) is 0.350. The van der Waals surface area contributed by atoms with Gasteiger partial charge in [0, 0.05) is 45.4 Å². The van der Waals surface area contributed by atoms with Crippen molar-refractivity contribution in [3.8, 4) is 5.75 Å². The van der Waals surface area contributed by atoms with E-state index in [-0.39, 0.29) is 18.2 Å². The highest BCUT2D eigenvalue weighted by molar-refractivity contribution is 5.78. The molecule has 0 atom stereocenters. The van der Waals surface area contributed by atoms with Gasteiger partial charge in [0.1, 0.15) is 5.75 Å². The number of hydrogen-bond acceptors (Lipinski definition) is 4. The number of para-hydroxylation sites is 1. The topological polar surface area (TPSA) is 71.5 Å². The van der Waals surface area contributed by atoms with Crippen LogP contribution in [-0.4, -0.2) is 41.9 Å². The van der Waals surface area contributed by atoms with E-state index in [9.17, 15) is 9.59 Å². The van der Waals surface area contributed by atoms with Crippen molar-refractivity contribution >= 4 is 11.8 Å². The Labute approximate surface area is 154 Å². The zero-order chi connectivity index (χ0) is 18.8. The van der Waals surface area contributed by atoms with Crippen molar-refractivity contribution in [3.63, 3.8) is 0 Å². The lowest BCUT2D eigenvalue weighted by atomic mass is 10.1. The molecule has 2 aromatic rings. The predicted octanol–water partition coefficient (Wildman–Crippen LogP) is 2.19. The Morgan fingerprint density at radius 1 is 1.15 bits per heavy atom. The largest absolute Gasteiger partial charge is 0.496 e. The van der Waals surface area contributed by atoms with E-state index >= 15 is 0 Å². The van der Waals surface area contributed by atoms with E-state index in [2.05, 4.69) is 10.3 Å². The van der Waals surface area contributed by atoms with E-state index in [0.717, 1.165) is 16.9 Å². The van der Waals surface area contributed by atoms with Crippen molar-refractivity contribution in [3.05, 3.63) is 59.9 Å². The van der Waals surface area contributed by atoms with E-state index in [1.165, 1.54) is 6.92 Å². The molecule has 2 rings (SSSR count). The maximum absolute atomic E-state index is 12.0. The summed E-state index contributed by atoms with van der Waals surface area (Å²) in [6, 6.07) is 11.5. The molecule has 1 aromatic heterocycles. The summed E-state index contributed by atoms with van der Waals surface area (Å²) in [5, 5.41) is 2.85. The Morgan fingerprint density at radius 3 is 2.65 bits per heavy atom. The minimum atomic E-state index is -0.0857. The number of benzene rings is 1. The molecule has 1 aromatic carbocycles. The normalized spacial score (nSPS) is 10.2. The van der Waals surface area contributed by atoms with Crippen LogP contribution in [0.1, 0.15) is 24.5 Å². The zero-order valence-corrected chi connectivity index (χ0v) is 15.3. The SMILES string of the molecule is COc1ccccc1CCN(CCC(=O)NCc1cccnc1)C(C)=O. The highest BCUT2D eigenvalue weighted by Crippen LogP contribution is 2.18. The third-order valence-corrected chi connectivity index (χ3v) is 4.11. The lowest BCUT2D eigenvalue weighted by Crippen LogP contribution is -2.35. The molecule has 2 amide bonds. The summed E-state index contributed by atoms with van der Waals surface area (Å²) in [6.07, 6.45) is 4.36. The third kappa shape index (κ3) is 6.20. The van der Waals surface area contributed by atoms with Crippen LogP contribution < -0.4 is 10.1 Å². The molecule has 0 saturated heterocycles. The minimum absolute atomic E-state index is 0.0417. The number of nitrogens with one attached hydrogen (secondary N) is 1. The molecule has 0 saturated carbocycles. The predicted molar refractivity (Wildman–Crippen MR) is 99.7 cm³/mol. The van der Waals surface area contributed by atoms with Crippen molar-refractivity contribution in [2.45, 2.75) is 26.3 Å². The summed E-state index contributed by atoms with van der Waals surface area (Å²) in [5.74, 6) is 0.683. The second kappa shape index (κ2) is 10.2. The van der Waals surface area contributed by atoms with Crippen LogP contribution in [0.5, 0.6) is 5.75 Å². The van der Waals surface area contributed by atoms with Gasteiger partial charge in [-0.3, -0.25) is 14.6 Å². The smallest absolute Gasteiger partial charge is 0.222 e. The van der Waals surface area contributed by atoms with Crippen LogP contribution in [0.25, 0.3) is 0 Å². The number of pyridine rings is 1. The van der Waals surface area contributed by atoms with Gasteiger partial charge in [-0.2, -0.15) is 0 Å². The number of ether oxygens (including phenoxy) is 1. The van der Waals surface area contributed by atoms with E-state index in [4.69, 9.17) is 4.74 Å². The van der Waals surface area contributed by atoms with Gasteiger partial charge in [-0.1, -0.05) is 24.3 Å². The lowest BCUT2D eigenvalue weighted by molar-refractivity contribution is -0.129. The molecule has 0 aliphatic rings. The summed E-state index contributed by atoms with van der Waals surface area (Å²) in [7, 11) is 1.63. The van der Waals surface area contributed by atoms with Gasteiger partial charge in [-0.15, -0.1) is 0 Å². The molecule has 1 heterocycles. The first-order valence-corrected chi connectivity index (χ1v) is 8.63. The Kier molecular flexibility index (Phi) is 7.61. The van der Waals surface area contributed by atoms with Gasteiger partial charge in [-0.05, 0) is 29.7 Å². The molecule has 0 fully saturated rings. The van der Waals surface area contributed by atoms with Gasteiger partial charge in [0.15, 0.2) is 0 Å². The average Bonchev–Trinajstić information content (AvgIpc) is 2.67. The number of aromatic nitrogens is 1. The Morgan fingerprint density at radius 2 is 1.96 bits per heavy atom. The first kappa shape index (κ1) is 19.4. The fourth-order valence-electron chi connectivity index (χ4n) is 2.62. The summed E-state index contributed by atoms with van der Waals surface area (Å²) >= 11 is 0. The van der Waals surface area contributed by atoms with Crippen LogP contribution in [0.3, 0.4) is 0 Å². The maximum atomic E-state index is 12.0. The Bertz CT molecular complexity index is 719. The van der Waals surface area contributed by atoms with Crippen LogP contribution in [-0.2, 0) is 22.6 Å². The Balaban J connectivity index is 1.80. The lowest BCUT2D eigenvalue weighted by Gasteiger charge is -2.21. The van der Waals surface area contributed by atoms with Gasteiger partial charge in [-0.25, -0.2) is 0 Å².